The average molecular weight is 328 g/mol. The van der Waals surface area contributed by atoms with Gasteiger partial charge in [0.25, 0.3) is 0 Å². The number of hydrogen-bond acceptors (Lipinski definition) is 6. The van der Waals surface area contributed by atoms with E-state index in [1.807, 2.05) is 0 Å². The highest BCUT2D eigenvalue weighted by Gasteiger charge is 2.14. The van der Waals surface area contributed by atoms with E-state index >= 15 is 0 Å². The highest BCUT2D eigenvalue weighted by molar-refractivity contribution is 7.85. The maximum atomic E-state index is 12.2. The zero-order valence-corrected chi connectivity index (χ0v) is 13.4. The Morgan fingerprint density at radius 2 is 2.00 bits per heavy atom. The van der Waals surface area contributed by atoms with Crippen molar-refractivity contribution in [3.05, 3.63) is 18.2 Å². The Kier molecular flexibility index (Phi) is 6.67. The highest BCUT2D eigenvalue weighted by atomic mass is 32.2. The normalized spacial score (nSPS) is 15.0. The first-order valence-corrected chi connectivity index (χ1v) is 8.45. The molecule has 1 aromatic carbocycles. The van der Waals surface area contributed by atoms with Crippen molar-refractivity contribution in [3.8, 4) is 11.5 Å². The van der Waals surface area contributed by atoms with E-state index in [1.54, 1.807) is 18.2 Å². The Balaban J connectivity index is 1.87. The zero-order valence-electron chi connectivity index (χ0n) is 12.5. The molecule has 7 heteroatoms. The van der Waals surface area contributed by atoms with Crippen LogP contribution in [0.3, 0.4) is 0 Å². The summed E-state index contributed by atoms with van der Waals surface area (Å²) in [6, 6.07) is 5.21. The second-order valence-corrected chi connectivity index (χ2v) is 6.24. The summed E-state index contributed by atoms with van der Waals surface area (Å²) in [5.74, 6) is 1.11. The van der Waals surface area contributed by atoms with E-state index in [1.165, 1.54) is 7.11 Å². The fraction of sp³-hybridized carbons (Fsp3) is 0.533. The summed E-state index contributed by atoms with van der Waals surface area (Å²) in [4.78, 5) is 12.1. The fourth-order valence-corrected chi connectivity index (χ4v) is 2.94. The van der Waals surface area contributed by atoms with Crippen LogP contribution in [-0.2, 0) is 25.1 Å². The summed E-state index contributed by atoms with van der Waals surface area (Å²) >= 11 is 0. The summed E-state index contributed by atoms with van der Waals surface area (Å²) in [6.45, 7) is 1.76. The molecule has 22 heavy (non-hydrogen) atoms. The van der Waals surface area contributed by atoms with E-state index < -0.39 is 10.8 Å². The molecule has 1 atom stereocenters. The Hall–Kier alpha value is -1.60. The Bertz CT molecular complexity index is 531. The van der Waals surface area contributed by atoms with Gasteiger partial charge in [0, 0.05) is 30.2 Å². The summed E-state index contributed by atoms with van der Waals surface area (Å²) < 4.78 is 33.0. The van der Waals surface area contributed by atoms with Crippen molar-refractivity contribution in [2.24, 2.45) is 0 Å². The second kappa shape index (κ2) is 8.75. The highest BCUT2D eigenvalue weighted by Crippen LogP contribution is 2.31. The van der Waals surface area contributed by atoms with E-state index in [0.717, 1.165) is 6.42 Å². The van der Waals surface area contributed by atoms with Gasteiger partial charge in [0.05, 0.1) is 37.0 Å². The largest absolute Gasteiger partial charge is 0.490 e. The van der Waals surface area contributed by atoms with Crippen LogP contribution in [0.15, 0.2) is 23.1 Å². The molecule has 2 rings (SSSR count). The minimum Gasteiger partial charge on any atom is -0.490 e. The van der Waals surface area contributed by atoms with E-state index in [0.29, 0.717) is 36.2 Å². The average Bonchev–Trinajstić information content (AvgIpc) is 2.77. The van der Waals surface area contributed by atoms with Gasteiger partial charge in [-0.2, -0.15) is 0 Å². The summed E-state index contributed by atoms with van der Waals surface area (Å²) in [6.07, 6.45) is 0.922. The number of ether oxygens (including phenoxy) is 4. The van der Waals surface area contributed by atoms with Crippen LogP contribution in [-0.4, -0.2) is 49.5 Å². The SMILES string of the molecule is COCCOC(=O)CC[S@@](=O)c1ccc2c(c1)OCCCO2. The molecule has 122 valence electrons. The molecule has 6 nitrogen and oxygen atoms in total. The van der Waals surface area contributed by atoms with Crippen molar-refractivity contribution in [2.75, 3.05) is 39.3 Å². The van der Waals surface area contributed by atoms with E-state index in [9.17, 15) is 9.00 Å². The first-order chi connectivity index (χ1) is 10.7. The molecular formula is C15H20O6S. The van der Waals surface area contributed by atoms with E-state index in [-0.39, 0.29) is 24.7 Å². The number of hydrogen-bond donors (Lipinski definition) is 0. The number of fused-ring (bicyclic) bond motifs is 1. The smallest absolute Gasteiger partial charge is 0.306 e. The van der Waals surface area contributed by atoms with Gasteiger partial charge in [-0.15, -0.1) is 0 Å². The van der Waals surface area contributed by atoms with Crippen LogP contribution in [0.1, 0.15) is 12.8 Å². The van der Waals surface area contributed by atoms with Gasteiger partial charge < -0.3 is 18.9 Å². The lowest BCUT2D eigenvalue weighted by Crippen LogP contribution is -2.12. The third kappa shape index (κ3) is 4.99. The lowest BCUT2D eigenvalue weighted by Gasteiger charge is -2.09. The van der Waals surface area contributed by atoms with Crippen molar-refractivity contribution >= 4 is 16.8 Å². The van der Waals surface area contributed by atoms with Crippen LogP contribution in [0.5, 0.6) is 11.5 Å². The predicted molar refractivity (Wildman–Crippen MR) is 80.8 cm³/mol. The van der Waals surface area contributed by atoms with Crippen LogP contribution in [0.25, 0.3) is 0 Å². The minimum atomic E-state index is -1.28. The van der Waals surface area contributed by atoms with Crippen molar-refractivity contribution in [3.63, 3.8) is 0 Å². The fourth-order valence-electron chi connectivity index (χ4n) is 1.89. The molecule has 0 spiro atoms. The molecule has 0 amide bonds. The molecule has 0 fully saturated rings. The second-order valence-electron chi connectivity index (χ2n) is 4.67. The van der Waals surface area contributed by atoms with Gasteiger partial charge >= 0.3 is 5.97 Å². The molecule has 0 unspecified atom stereocenters. The Morgan fingerprint density at radius 3 is 2.77 bits per heavy atom. The van der Waals surface area contributed by atoms with Gasteiger partial charge in [-0.05, 0) is 12.1 Å². The van der Waals surface area contributed by atoms with Crippen LogP contribution in [0.2, 0.25) is 0 Å². The molecule has 0 N–H and O–H groups in total. The molecule has 0 aliphatic carbocycles. The molecular weight excluding hydrogens is 308 g/mol. The lowest BCUT2D eigenvalue weighted by molar-refractivity contribution is -0.144. The summed E-state index contributed by atoms with van der Waals surface area (Å²) in [5.41, 5.74) is 0. The summed E-state index contributed by atoms with van der Waals surface area (Å²) in [5, 5.41) is 0. The van der Waals surface area contributed by atoms with E-state index in [2.05, 4.69) is 0 Å². The van der Waals surface area contributed by atoms with Crippen molar-refractivity contribution in [1.29, 1.82) is 0 Å². The maximum Gasteiger partial charge on any atom is 0.306 e. The van der Waals surface area contributed by atoms with Gasteiger partial charge in [-0.25, -0.2) is 0 Å². The molecule has 0 saturated heterocycles. The first-order valence-electron chi connectivity index (χ1n) is 7.13. The molecule has 1 aromatic rings. The standard InChI is InChI=1S/C15H20O6S/c1-18-8-9-21-15(16)5-10-22(17)12-3-4-13-14(11-12)20-7-2-6-19-13/h3-4,11H,2,5-10H2,1H3/t22-/m1/s1. The summed E-state index contributed by atoms with van der Waals surface area (Å²) in [7, 11) is 0.252. The van der Waals surface area contributed by atoms with Crippen molar-refractivity contribution < 1.29 is 28.0 Å². The first kappa shape index (κ1) is 16.8. The van der Waals surface area contributed by atoms with Gasteiger partial charge in [0.15, 0.2) is 11.5 Å². The van der Waals surface area contributed by atoms with E-state index in [4.69, 9.17) is 18.9 Å². The molecule has 0 aromatic heterocycles. The van der Waals surface area contributed by atoms with Crippen LogP contribution in [0, 0.1) is 0 Å². The Labute approximate surface area is 132 Å². The van der Waals surface area contributed by atoms with Crippen molar-refractivity contribution in [1.82, 2.24) is 0 Å². The van der Waals surface area contributed by atoms with Crippen LogP contribution < -0.4 is 9.47 Å². The topological polar surface area (TPSA) is 71.1 Å². The molecule has 1 aliphatic heterocycles. The Morgan fingerprint density at radius 1 is 1.23 bits per heavy atom. The third-order valence-corrected chi connectivity index (χ3v) is 4.38. The van der Waals surface area contributed by atoms with Crippen molar-refractivity contribution in [2.45, 2.75) is 17.7 Å². The monoisotopic (exact) mass is 328 g/mol. The van der Waals surface area contributed by atoms with Crippen LogP contribution in [0.4, 0.5) is 0 Å². The zero-order chi connectivity index (χ0) is 15.8. The third-order valence-electron chi connectivity index (χ3n) is 3.02. The van der Waals surface area contributed by atoms with Crippen LogP contribution >= 0.6 is 0 Å². The maximum absolute atomic E-state index is 12.2. The molecule has 0 bridgehead atoms. The number of methoxy groups -OCH3 is 1. The molecule has 1 aliphatic rings. The predicted octanol–water partition coefficient (Wildman–Crippen LogP) is 1.54. The molecule has 1 heterocycles. The van der Waals surface area contributed by atoms with Gasteiger partial charge in [-0.3, -0.25) is 9.00 Å². The van der Waals surface area contributed by atoms with Gasteiger partial charge in [0.1, 0.15) is 6.61 Å². The number of carbonyl (C=O) groups is 1. The lowest BCUT2D eigenvalue weighted by atomic mass is 10.3. The van der Waals surface area contributed by atoms with Gasteiger partial charge in [-0.1, -0.05) is 0 Å². The quantitative estimate of drug-likeness (QED) is 0.558. The van der Waals surface area contributed by atoms with Gasteiger partial charge in [0.2, 0.25) is 0 Å². The number of esters is 1. The minimum absolute atomic E-state index is 0.102. The number of benzene rings is 1. The molecule has 0 radical (unpaired) electrons. The molecule has 0 saturated carbocycles. The number of carbonyl (C=O) groups excluding carboxylic acids is 1. The number of rotatable bonds is 7.